The highest BCUT2D eigenvalue weighted by Gasteiger charge is 2.40. The first-order valence-electron chi connectivity index (χ1n) is 6.77. The smallest absolute Gasteiger partial charge is 0.0790 e. The predicted molar refractivity (Wildman–Crippen MR) is 70.9 cm³/mol. The normalized spacial score (nSPS) is 22.6. The lowest BCUT2D eigenvalue weighted by atomic mass is 9.81. The van der Waals surface area contributed by atoms with E-state index in [1.807, 2.05) is 6.92 Å². The Kier molecular flexibility index (Phi) is 2.59. The summed E-state index contributed by atoms with van der Waals surface area (Å²) in [5.74, 6) is 0. The first-order valence-corrected chi connectivity index (χ1v) is 6.77. The van der Waals surface area contributed by atoms with E-state index in [-0.39, 0.29) is 11.5 Å². The van der Waals surface area contributed by atoms with Crippen LogP contribution in [0, 0.1) is 0 Å². The van der Waals surface area contributed by atoms with Crippen molar-refractivity contribution in [3.05, 3.63) is 41.5 Å². The standard InChI is InChI=1S/C16H20O/c1-2-15(17)13-11-16(9-5-6-10-16)14-8-4-3-7-12(13)14/h3-4,7-8,11,15,17H,2,5-6,9-10H2,1H3. The molecule has 1 unspecified atom stereocenters. The summed E-state index contributed by atoms with van der Waals surface area (Å²) in [5, 5.41) is 10.2. The zero-order chi connectivity index (χ0) is 11.9. The van der Waals surface area contributed by atoms with E-state index in [2.05, 4.69) is 30.3 Å². The summed E-state index contributed by atoms with van der Waals surface area (Å²) >= 11 is 0. The van der Waals surface area contributed by atoms with Crippen molar-refractivity contribution in [3.63, 3.8) is 0 Å². The van der Waals surface area contributed by atoms with Gasteiger partial charge < -0.3 is 5.11 Å². The maximum absolute atomic E-state index is 10.2. The number of aliphatic hydroxyl groups is 1. The lowest BCUT2D eigenvalue weighted by Gasteiger charge is -2.22. The SMILES string of the molecule is CCC(O)C1=CC2(CCCC2)c2ccccc21. The van der Waals surface area contributed by atoms with Crippen LogP contribution in [0.4, 0.5) is 0 Å². The highest BCUT2D eigenvalue weighted by Crippen LogP contribution is 2.51. The fourth-order valence-corrected chi connectivity index (χ4v) is 3.54. The van der Waals surface area contributed by atoms with Gasteiger partial charge in [0.05, 0.1) is 6.10 Å². The average Bonchev–Trinajstić information content (AvgIpc) is 2.97. The fraction of sp³-hybridized carbons (Fsp3) is 0.500. The number of hydrogen-bond donors (Lipinski definition) is 1. The van der Waals surface area contributed by atoms with Crippen LogP contribution < -0.4 is 0 Å². The molecule has 1 aromatic carbocycles. The number of allylic oxidation sites excluding steroid dienone is 1. The topological polar surface area (TPSA) is 20.2 Å². The van der Waals surface area contributed by atoms with Gasteiger partial charge in [0.1, 0.15) is 0 Å². The molecular formula is C16H20O. The van der Waals surface area contributed by atoms with Gasteiger partial charge in [0.2, 0.25) is 0 Å². The number of rotatable bonds is 2. The largest absolute Gasteiger partial charge is 0.388 e. The third kappa shape index (κ3) is 1.56. The summed E-state index contributed by atoms with van der Waals surface area (Å²) < 4.78 is 0. The Morgan fingerprint density at radius 1 is 1.24 bits per heavy atom. The lowest BCUT2D eigenvalue weighted by Crippen LogP contribution is -2.16. The molecule has 0 saturated heterocycles. The van der Waals surface area contributed by atoms with Gasteiger partial charge in [-0.25, -0.2) is 0 Å². The quantitative estimate of drug-likeness (QED) is 0.819. The van der Waals surface area contributed by atoms with Gasteiger partial charge in [-0.05, 0) is 36.0 Å². The molecule has 2 aliphatic rings. The Labute approximate surface area is 103 Å². The summed E-state index contributed by atoms with van der Waals surface area (Å²) in [6, 6.07) is 8.65. The molecule has 1 spiro atoms. The van der Waals surface area contributed by atoms with Gasteiger partial charge in [0.25, 0.3) is 0 Å². The van der Waals surface area contributed by atoms with Crippen LogP contribution in [0.15, 0.2) is 30.3 Å². The molecule has 0 heterocycles. The average molecular weight is 228 g/mol. The van der Waals surface area contributed by atoms with Crippen LogP contribution in [0.3, 0.4) is 0 Å². The number of benzene rings is 1. The lowest BCUT2D eigenvalue weighted by molar-refractivity contribution is 0.228. The van der Waals surface area contributed by atoms with E-state index < -0.39 is 0 Å². The second-order valence-electron chi connectivity index (χ2n) is 5.43. The van der Waals surface area contributed by atoms with Crippen LogP contribution in [0.1, 0.15) is 50.2 Å². The van der Waals surface area contributed by atoms with Crippen molar-refractivity contribution < 1.29 is 5.11 Å². The first kappa shape index (κ1) is 11.0. The Morgan fingerprint density at radius 3 is 2.65 bits per heavy atom. The Balaban J connectivity index is 2.12. The zero-order valence-electron chi connectivity index (χ0n) is 10.4. The van der Waals surface area contributed by atoms with E-state index in [9.17, 15) is 5.11 Å². The molecule has 1 fully saturated rings. The van der Waals surface area contributed by atoms with Crippen molar-refractivity contribution in [3.8, 4) is 0 Å². The van der Waals surface area contributed by atoms with Gasteiger partial charge in [-0.15, -0.1) is 0 Å². The van der Waals surface area contributed by atoms with Crippen molar-refractivity contribution in [1.82, 2.24) is 0 Å². The molecule has 1 heteroatoms. The molecule has 90 valence electrons. The Morgan fingerprint density at radius 2 is 1.94 bits per heavy atom. The van der Waals surface area contributed by atoms with E-state index >= 15 is 0 Å². The van der Waals surface area contributed by atoms with E-state index in [0.29, 0.717) is 0 Å². The first-order chi connectivity index (χ1) is 8.27. The number of aliphatic hydroxyl groups excluding tert-OH is 1. The van der Waals surface area contributed by atoms with Crippen LogP contribution in [-0.2, 0) is 5.41 Å². The summed E-state index contributed by atoms with van der Waals surface area (Å²) in [6.07, 6.45) is 8.03. The molecule has 0 aliphatic heterocycles. The molecule has 17 heavy (non-hydrogen) atoms. The van der Waals surface area contributed by atoms with Gasteiger partial charge in [0, 0.05) is 5.41 Å². The van der Waals surface area contributed by atoms with E-state index in [4.69, 9.17) is 0 Å². The highest BCUT2D eigenvalue weighted by molar-refractivity contribution is 5.79. The molecule has 0 bridgehead atoms. The molecule has 1 N–H and O–H groups in total. The van der Waals surface area contributed by atoms with Crippen molar-refractivity contribution in [2.75, 3.05) is 0 Å². The maximum Gasteiger partial charge on any atom is 0.0790 e. The van der Waals surface area contributed by atoms with Gasteiger partial charge in [0.15, 0.2) is 0 Å². The van der Waals surface area contributed by atoms with E-state index in [1.165, 1.54) is 42.4 Å². The van der Waals surface area contributed by atoms with Gasteiger partial charge >= 0.3 is 0 Å². The van der Waals surface area contributed by atoms with Crippen molar-refractivity contribution in [2.45, 2.75) is 50.5 Å². The Hall–Kier alpha value is -1.08. The maximum atomic E-state index is 10.2. The molecule has 0 radical (unpaired) electrons. The summed E-state index contributed by atoms with van der Waals surface area (Å²) in [5.41, 5.74) is 4.18. The van der Waals surface area contributed by atoms with Crippen LogP contribution in [0.2, 0.25) is 0 Å². The predicted octanol–water partition coefficient (Wildman–Crippen LogP) is 3.67. The van der Waals surface area contributed by atoms with Crippen molar-refractivity contribution >= 4 is 5.57 Å². The fourth-order valence-electron chi connectivity index (χ4n) is 3.54. The van der Waals surface area contributed by atoms with Gasteiger partial charge in [-0.1, -0.05) is 50.1 Å². The minimum absolute atomic E-state index is 0.252. The Bertz CT molecular complexity index is 452. The highest BCUT2D eigenvalue weighted by atomic mass is 16.3. The van der Waals surface area contributed by atoms with Crippen LogP contribution in [-0.4, -0.2) is 11.2 Å². The third-order valence-electron chi connectivity index (χ3n) is 4.45. The minimum Gasteiger partial charge on any atom is -0.388 e. The van der Waals surface area contributed by atoms with Crippen LogP contribution in [0.5, 0.6) is 0 Å². The molecule has 0 aromatic heterocycles. The summed E-state index contributed by atoms with van der Waals surface area (Å²) in [6.45, 7) is 2.05. The van der Waals surface area contributed by atoms with Crippen molar-refractivity contribution in [1.29, 1.82) is 0 Å². The van der Waals surface area contributed by atoms with Crippen LogP contribution >= 0.6 is 0 Å². The second-order valence-corrected chi connectivity index (χ2v) is 5.43. The number of fused-ring (bicyclic) bond motifs is 2. The molecule has 1 saturated carbocycles. The summed E-state index contributed by atoms with van der Waals surface area (Å²) in [4.78, 5) is 0. The molecule has 3 rings (SSSR count). The zero-order valence-corrected chi connectivity index (χ0v) is 10.4. The van der Waals surface area contributed by atoms with E-state index in [1.54, 1.807) is 0 Å². The van der Waals surface area contributed by atoms with Gasteiger partial charge in [-0.2, -0.15) is 0 Å². The number of hydrogen-bond acceptors (Lipinski definition) is 1. The molecule has 0 amide bonds. The molecule has 1 nitrogen and oxygen atoms in total. The van der Waals surface area contributed by atoms with Crippen molar-refractivity contribution in [2.24, 2.45) is 0 Å². The molecular weight excluding hydrogens is 208 g/mol. The van der Waals surface area contributed by atoms with Gasteiger partial charge in [-0.3, -0.25) is 0 Å². The monoisotopic (exact) mass is 228 g/mol. The second kappa shape index (κ2) is 3.99. The minimum atomic E-state index is -0.295. The molecule has 1 atom stereocenters. The van der Waals surface area contributed by atoms with E-state index in [0.717, 1.165) is 6.42 Å². The molecule has 1 aromatic rings. The van der Waals surface area contributed by atoms with Crippen LogP contribution in [0.25, 0.3) is 5.57 Å². The molecule has 2 aliphatic carbocycles. The summed E-state index contributed by atoms with van der Waals surface area (Å²) in [7, 11) is 0. The third-order valence-corrected chi connectivity index (χ3v) is 4.45.